The number of benzene rings is 1. The number of amides is 1. The van der Waals surface area contributed by atoms with Gasteiger partial charge in [-0.1, -0.05) is 18.6 Å². The second-order valence-electron chi connectivity index (χ2n) is 8.98. The second-order valence-corrected chi connectivity index (χ2v) is 8.98. The number of likely N-dealkylation sites (tertiary alicyclic amines) is 1. The highest BCUT2D eigenvalue weighted by atomic mass is 16.3. The van der Waals surface area contributed by atoms with E-state index < -0.39 is 5.60 Å². The summed E-state index contributed by atoms with van der Waals surface area (Å²) in [6.45, 7) is 6.70. The Morgan fingerprint density at radius 2 is 1.87 bits per heavy atom. The van der Waals surface area contributed by atoms with Gasteiger partial charge in [-0.05, 0) is 63.4 Å². The van der Waals surface area contributed by atoms with Crippen molar-refractivity contribution in [2.24, 2.45) is 0 Å². The monoisotopic (exact) mass is 423 g/mol. The number of aliphatic hydroxyl groups is 1. The maximum absolute atomic E-state index is 12.7. The smallest absolute Gasteiger partial charge is 0.251 e. The molecule has 7 heteroatoms. The van der Waals surface area contributed by atoms with Gasteiger partial charge in [0.25, 0.3) is 5.91 Å². The number of rotatable bonds is 6. The zero-order chi connectivity index (χ0) is 21.7. The summed E-state index contributed by atoms with van der Waals surface area (Å²) >= 11 is 0. The Kier molecular flexibility index (Phi) is 6.83. The van der Waals surface area contributed by atoms with Crippen molar-refractivity contribution in [1.82, 2.24) is 20.2 Å². The molecule has 2 aliphatic heterocycles. The van der Waals surface area contributed by atoms with Crippen LogP contribution in [0.1, 0.15) is 53.7 Å². The fourth-order valence-electron chi connectivity index (χ4n) is 4.55. The van der Waals surface area contributed by atoms with E-state index in [4.69, 9.17) is 0 Å². The Labute approximate surface area is 184 Å². The molecule has 2 fully saturated rings. The molecule has 1 amide bonds. The number of hydrogen-bond acceptors (Lipinski definition) is 6. The molecular formula is C24H33N5O2. The number of nitrogens with zero attached hydrogens (tertiary/aromatic N) is 4. The Balaban J connectivity index is 1.31. The standard InChI is InChI=1S/C24H33N5O2/c1-19-14-22(27-18-26-19)29-13-5-10-24(31,17-29)16-25-23(30)21-8-6-20(7-9-21)15-28-11-3-2-4-12-28/h6-9,14,18,31H,2-5,10-13,15-17H2,1H3,(H,25,30). The summed E-state index contributed by atoms with van der Waals surface area (Å²) in [6.07, 6.45) is 6.94. The first-order valence-electron chi connectivity index (χ1n) is 11.4. The summed E-state index contributed by atoms with van der Waals surface area (Å²) < 4.78 is 0. The summed E-state index contributed by atoms with van der Waals surface area (Å²) in [7, 11) is 0. The minimum Gasteiger partial charge on any atom is -0.386 e. The summed E-state index contributed by atoms with van der Waals surface area (Å²) in [5.74, 6) is 0.675. The topological polar surface area (TPSA) is 81.6 Å². The van der Waals surface area contributed by atoms with Crippen molar-refractivity contribution >= 4 is 11.7 Å². The molecular weight excluding hydrogens is 390 g/mol. The van der Waals surface area contributed by atoms with E-state index in [-0.39, 0.29) is 12.5 Å². The molecule has 4 rings (SSSR count). The molecule has 1 aromatic carbocycles. The third-order valence-corrected chi connectivity index (χ3v) is 6.32. The zero-order valence-electron chi connectivity index (χ0n) is 18.4. The lowest BCUT2D eigenvalue weighted by Crippen LogP contribution is -2.54. The van der Waals surface area contributed by atoms with Crippen molar-refractivity contribution in [2.45, 2.75) is 51.2 Å². The molecule has 0 radical (unpaired) electrons. The van der Waals surface area contributed by atoms with Crippen molar-refractivity contribution in [1.29, 1.82) is 0 Å². The van der Waals surface area contributed by atoms with Crippen LogP contribution in [0, 0.1) is 6.92 Å². The van der Waals surface area contributed by atoms with Gasteiger partial charge in [0.05, 0.1) is 5.60 Å². The van der Waals surface area contributed by atoms with Crippen LogP contribution >= 0.6 is 0 Å². The number of carbonyl (C=O) groups excluding carboxylic acids is 1. The van der Waals surface area contributed by atoms with Crippen molar-refractivity contribution in [2.75, 3.05) is 37.6 Å². The first kappa shape index (κ1) is 21.7. The van der Waals surface area contributed by atoms with Crippen molar-refractivity contribution in [3.05, 3.63) is 53.5 Å². The van der Waals surface area contributed by atoms with Crippen LogP contribution in [-0.2, 0) is 6.54 Å². The molecule has 0 aliphatic carbocycles. The predicted octanol–water partition coefficient (Wildman–Crippen LogP) is 2.53. The lowest BCUT2D eigenvalue weighted by atomic mass is 9.92. The summed E-state index contributed by atoms with van der Waals surface area (Å²) in [5.41, 5.74) is 1.79. The van der Waals surface area contributed by atoms with E-state index in [1.807, 2.05) is 37.3 Å². The summed E-state index contributed by atoms with van der Waals surface area (Å²) in [4.78, 5) is 25.7. The number of β-amino-alcohol motifs (C(OH)–C–C–N with tert-alkyl or cyclic N) is 1. The molecule has 0 saturated carbocycles. The van der Waals surface area contributed by atoms with Crippen LogP contribution in [0.25, 0.3) is 0 Å². The minimum atomic E-state index is -0.971. The molecule has 1 atom stereocenters. The molecule has 2 aromatic rings. The average molecular weight is 424 g/mol. The van der Waals surface area contributed by atoms with Crippen LogP contribution in [0.3, 0.4) is 0 Å². The Bertz CT molecular complexity index is 882. The quantitative estimate of drug-likeness (QED) is 0.743. The molecule has 2 aliphatic rings. The molecule has 2 saturated heterocycles. The lowest BCUT2D eigenvalue weighted by molar-refractivity contribution is 0.0254. The van der Waals surface area contributed by atoms with Crippen LogP contribution in [0.5, 0.6) is 0 Å². The molecule has 1 unspecified atom stereocenters. The highest BCUT2D eigenvalue weighted by Crippen LogP contribution is 2.24. The van der Waals surface area contributed by atoms with Gasteiger partial charge in [0.1, 0.15) is 12.1 Å². The number of nitrogens with one attached hydrogen (secondary N) is 1. The molecule has 0 bridgehead atoms. The first-order chi connectivity index (χ1) is 15.0. The minimum absolute atomic E-state index is 0.145. The Morgan fingerprint density at radius 3 is 2.61 bits per heavy atom. The van der Waals surface area contributed by atoms with Crippen LogP contribution in [0.2, 0.25) is 0 Å². The van der Waals surface area contributed by atoms with Crippen LogP contribution < -0.4 is 10.2 Å². The molecule has 0 spiro atoms. The number of piperidine rings is 2. The number of aryl methyl sites for hydroxylation is 1. The van der Waals surface area contributed by atoms with E-state index in [1.165, 1.54) is 24.8 Å². The van der Waals surface area contributed by atoms with Gasteiger partial charge in [0, 0.05) is 43.5 Å². The van der Waals surface area contributed by atoms with Gasteiger partial charge in [0.2, 0.25) is 0 Å². The maximum Gasteiger partial charge on any atom is 0.251 e. The number of aromatic nitrogens is 2. The number of hydrogen-bond donors (Lipinski definition) is 2. The van der Waals surface area contributed by atoms with E-state index in [0.717, 1.165) is 44.1 Å². The van der Waals surface area contributed by atoms with E-state index in [0.29, 0.717) is 18.5 Å². The van der Waals surface area contributed by atoms with Gasteiger partial charge in [-0.3, -0.25) is 9.69 Å². The van der Waals surface area contributed by atoms with E-state index >= 15 is 0 Å². The molecule has 1 aromatic heterocycles. The first-order valence-corrected chi connectivity index (χ1v) is 11.4. The largest absolute Gasteiger partial charge is 0.386 e. The second kappa shape index (κ2) is 9.75. The van der Waals surface area contributed by atoms with Crippen LogP contribution in [-0.4, -0.2) is 64.2 Å². The third-order valence-electron chi connectivity index (χ3n) is 6.32. The molecule has 2 N–H and O–H groups in total. The van der Waals surface area contributed by atoms with E-state index in [1.54, 1.807) is 6.33 Å². The van der Waals surface area contributed by atoms with E-state index in [9.17, 15) is 9.90 Å². The highest BCUT2D eigenvalue weighted by Gasteiger charge is 2.34. The van der Waals surface area contributed by atoms with Crippen molar-refractivity contribution in [3.63, 3.8) is 0 Å². The van der Waals surface area contributed by atoms with E-state index in [2.05, 4.69) is 25.1 Å². The van der Waals surface area contributed by atoms with Crippen molar-refractivity contribution < 1.29 is 9.90 Å². The summed E-state index contributed by atoms with van der Waals surface area (Å²) in [6, 6.07) is 9.77. The van der Waals surface area contributed by atoms with Crippen molar-refractivity contribution in [3.8, 4) is 0 Å². The normalized spacial score (nSPS) is 22.3. The van der Waals surface area contributed by atoms with Crippen LogP contribution in [0.4, 0.5) is 5.82 Å². The van der Waals surface area contributed by atoms with Gasteiger partial charge >= 0.3 is 0 Å². The highest BCUT2D eigenvalue weighted by molar-refractivity contribution is 5.94. The average Bonchev–Trinajstić information content (AvgIpc) is 2.79. The zero-order valence-corrected chi connectivity index (χ0v) is 18.4. The lowest BCUT2D eigenvalue weighted by Gasteiger charge is -2.39. The van der Waals surface area contributed by atoms with Gasteiger partial charge in [0.15, 0.2) is 0 Å². The number of carbonyl (C=O) groups is 1. The van der Waals surface area contributed by atoms with Gasteiger partial charge in [-0.25, -0.2) is 9.97 Å². The Hall–Kier alpha value is -2.51. The predicted molar refractivity (Wildman–Crippen MR) is 121 cm³/mol. The molecule has 166 valence electrons. The molecule has 7 nitrogen and oxygen atoms in total. The summed E-state index contributed by atoms with van der Waals surface area (Å²) in [5, 5.41) is 14.0. The Morgan fingerprint density at radius 1 is 1.10 bits per heavy atom. The SMILES string of the molecule is Cc1cc(N2CCCC(O)(CNC(=O)c3ccc(CN4CCCCC4)cc3)C2)ncn1. The maximum atomic E-state index is 12.7. The molecule has 3 heterocycles. The third kappa shape index (κ3) is 5.80. The van der Waals surface area contributed by atoms with Gasteiger partial charge < -0.3 is 15.3 Å². The molecule has 31 heavy (non-hydrogen) atoms. The fraction of sp³-hybridized carbons (Fsp3) is 0.542. The fourth-order valence-corrected chi connectivity index (χ4v) is 4.55. The van der Waals surface area contributed by atoms with Crippen LogP contribution in [0.15, 0.2) is 36.7 Å². The number of anilines is 1. The van der Waals surface area contributed by atoms with Gasteiger partial charge in [-0.2, -0.15) is 0 Å². The van der Waals surface area contributed by atoms with Gasteiger partial charge in [-0.15, -0.1) is 0 Å².